The van der Waals surface area contributed by atoms with Crippen LogP contribution < -0.4 is 57.7 Å². The van der Waals surface area contributed by atoms with Gasteiger partial charge >= 0.3 is 24.1 Å². The summed E-state index contributed by atoms with van der Waals surface area (Å²) in [5.41, 5.74) is 5.83. The van der Waals surface area contributed by atoms with Gasteiger partial charge in [0.15, 0.2) is 0 Å². The SMILES string of the molecule is COc1ccc(S(=O)(=O)N[C@H](CC(=O)O)C(=O)N[C@@H](CCC(=O)O)C(=O)NCC(=O)N[C@@H](Cc2cccc(F)c2)C(=O)N[C@@H](Cc2c[nH]c3ccccc23)C(=O)N[C@@H](CCC(=O)O)C(=O)NCCCCCC(=O)N[C@@H](CCCCNC(=O)c2ccc(C(F)(F)F)cc2)C(N)=O)cc1. The number of ether oxygens (including phenoxy) is 1. The van der Waals surface area contributed by atoms with Gasteiger partial charge in [-0.1, -0.05) is 36.8 Å². The first kappa shape index (κ1) is 77.2. The van der Waals surface area contributed by atoms with Crippen molar-refractivity contribution >= 4 is 92.0 Å². The molecule has 97 heavy (non-hydrogen) atoms. The van der Waals surface area contributed by atoms with Gasteiger partial charge in [0.2, 0.25) is 57.3 Å². The average molecular weight is 1380 g/mol. The molecule has 524 valence electrons. The number of primary amides is 1. The van der Waals surface area contributed by atoms with Gasteiger partial charge in [0.05, 0.1) is 30.5 Å². The Kier molecular flexibility index (Phi) is 29.9. The standard InChI is InChI=1S/C63H75F4N11O18S/c1-96-41-20-22-42(23-21-41)97(94,95)78-50(33-55(85)86)62(93)76-47(25-27-54(83)84)59(90)72-35-52(80)74-48(31-36-10-9-11-40(64)30-36)60(91)77-49(32-38-34-71-44-13-5-4-12-43(38)44)61(92)75-46(24-26-53(81)82)58(89)70-28-7-2-3-15-51(79)73-45(56(68)87)14-6-8-29-69-57(88)37-16-18-39(19-17-37)63(65,66)67/h4-5,9-13,16-23,30,34,45-50,71,78H,2-3,6-8,14-15,24-29,31-33,35H2,1H3,(H2,68,87)(H,69,88)(H,70,89)(H,72,90)(H,73,79)(H,74,80)(H,75,92)(H,76,93)(H,77,91)(H,81,82)(H,83,84)(H,85,86)/t45-,46-,47-,48-,49-,50+/m0/s1. The Bertz CT molecular complexity index is 3730. The minimum absolute atomic E-state index is 0.0132. The molecule has 0 unspecified atom stereocenters. The molecule has 0 aliphatic heterocycles. The van der Waals surface area contributed by atoms with Crippen LogP contribution in [0.4, 0.5) is 17.6 Å². The predicted octanol–water partition coefficient (Wildman–Crippen LogP) is 1.97. The molecule has 15 N–H and O–H groups in total. The molecule has 0 bridgehead atoms. The van der Waals surface area contributed by atoms with E-state index in [4.69, 9.17) is 10.5 Å². The van der Waals surface area contributed by atoms with Gasteiger partial charge in [-0.05, 0) is 123 Å². The smallest absolute Gasteiger partial charge is 0.416 e. The molecule has 1 heterocycles. The van der Waals surface area contributed by atoms with Crippen LogP contribution in [-0.4, -0.2) is 163 Å². The van der Waals surface area contributed by atoms with Gasteiger partial charge in [0.1, 0.15) is 47.8 Å². The molecule has 4 aromatic carbocycles. The summed E-state index contributed by atoms with van der Waals surface area (Å²) in [4.78, 5) is 159. The second-order valence-corrected chi connectivity index (χ2v) is 23.9. The first-order valence-electron chi connectivity index (χ1n) is 30.3. The quantitative estimate of drug-likeness (QED) is 0.0196. The summed E-state index contributed by atoms with van der Waals surface area (Å²) in [7, 11) is -3.30. The molecule has 0 spiro atoms. The minimum Gasteiger partial charge on any atom is -0.497 e. The lowest BCUT2D eigenvalue weighted by Crippen LogP contribution is -2.58. The molecule has 0 aliphatic carbocycles. The van der Waals surface area contributed by atoms with E-state index in [-0.39, 0.29) is 62.1 Å². The van der Waals surface area contributed by atoms with E-state index >= 15 is 0 Å². The van der Waals surface area contributed by atoms with Crippen LogP contribution in [0.5, 0.6) is 5.75 Å². The van der Waals surface area contributed by atoms with Gasteiger partial charge < -0.3 is 73.3 Å². The highest BCUT2D eigenvalue weighted by Crippen LogP contribution is 2.29. The minimum atomic E-state index is -4.62. The number of aromatic nitrogens is 1. The van der Waals surface area contributed by atoms with Crippen molar-refractivity contribution in [1.29, 1.82) is 0 Å². The van der Waals surface area contributed by atoms with Crippen molar-refractivity contribution in [3.8, 4) is 5.75 Å². The zero-order chi connectivity index (χ0) is 71.4. The molecule has 5 aromatic rings. The molecule has 6 atom stereocenters. The van der Waals surface area contributed by atoms with Crippen molar-refractivity contribution < 1.29 is 104 Å². The normalized spacial score (nSPS) is 13.2. The number of carbonyl (C=O) groups excluding carboxylic acids is 9. The van der Waals surface area contributed by atoms with E-state index in [2.05, 4.69) is 47.5 Å². The second-order valence-electron chi connectivity index (χ2n) is 22.2. The average Bonchev–Trinajstić information content (AvgIpc) is 1.82. The number of para-hydroxylation sites is 1. The molecule has 0 aliphatic rings. The lowest BCUT2D eigenvalue weighted by atomic mass is 10.0. The van der Waals surface area contributed by atoms with E-state index in [0.29, 0.717) is 35.7 Å². The van der Waals surface area contributed by atoms with Gasteiger partial charge in [-0.15, -0.1) is 0 Å². The number of halogens is 4. The van der Waals surface area contributed by atoms with Crippen LogP contribution in [0.1, 0.15) is 104 Å². The van der Waals surface area contributed by atoms with Crippen LogP contribution in [0.15, 0.2) is 108 Å². The summed E-state index contributed by atoms with van der Waals surface area (Å²) in [5.74, 6) is -13.5. The van der Waals surface area contributed by atoms with Crippen molar-refractivity contribution in [1.82, 2.24) is 52.2 Å². The molecule has 5 rings (SSSR count). The number of aromatic amines is 1. The summed E-state index contributed by atoms with van der Waals surface area (Å²) in [5, 5.41) is 48.9. The second kappa shape index (κ2) is 37.5. The van der Waals surface area contributed by atoms with Crippen LogP contribution in [0.2, 0.25) is 0 Å². The van der Waals surface area contributed by atoms with Crippen LogP contribution >= 0.6 is 0 Å². The van der Waals surface area contributed by atoms with E-state index in [1.807, 2.05) is 4.72 Å². The van der Waals surface area contributed by atoms with Gasteiger partial charge in [-0.25, -0.2) is 12.8 Å². The zero-order valence-corrected chi connectivity index (χ0v) is 53.1. The molecule has 34 heteroatoms. The molecule has 29 nitrogen and oxygen atoms in total. The number of rotatable bonds is 41. The monoisotopic (exact) mass is 1380 g/mol. The van der Waals surface area contributed by atoms with Gasteiger partial charge in [-0.3, -0.25) is 57.5 Å². The number of H-pyrrole nitrogens is 1. The van der Waals surface area contributed by atoms with E-state index in [1.165, 1.54) is 31.4 Å². The molecule has 1 aromatic heterocycles. The number of unbranched alkanes of at least 4 members (excludes halogenated alkanes) is 3. The fourth-order valence-corrected chi connectivity index (χ4v) is 10.9. The van der Waals surface area contributed by atoms with Crippen molar-refractivity contribution in [2.75, 3.05) is 26.7 Å². The number of sulfonamides is 1. The molecule has 0 fully saturated rings. The summed E-state index contributed by atoms with van der Waals surface area (Å²) in [6.07, 6.45) is -5.86. The van der Waals surface area contributed by atoms with Crippen molar-refractivity contribution in [3.63, 3.8) is 0 Å². The number of methoxy groups -OCH3 is 1. The Balaban J connectivity index is 1.22. The maximum Gasteiger partial charge on any atom is 0.416 e. The zero-order valence-electron chi connectivity index (χ0n) is 52.3. The summed E-state index contributed by atoms with van der Waals surface area (Å²) in [6.45, 7) is -0.922. The third-order valence-electron chi connectivity index (χ3n) is 14.8. The van der Waals surface area contributed by atoms with Crippen LogP contribution in [0.3, 0.4) is 0 Å². The first-order chi connectivity index (χ1) is 45.9. The maximum atomic E-state index is 14.6. The Labute approximate surface area is 552 Å². The Morgan fingerprint density at radius 2 is 1.14 bits per heavy atom. The largest absolute Gasteiger partial charge is 0.497 e. The summed E-state index contributed by atoms with van der Waals surface area (Å²) >= 11 is 0. The fourth-order valence-electron chi connectivity index (χ4n) is 9.70. The number of carbonyl (C=O) groups is 12. The number of amides is 9. The number of fused-ring (bicyclic) bond motifs is 1. The molecule has 0 saturated heterocycles. The fraction of sp³-hybridized carbons (Fsp3) is 0.397. The topological polar surface area (TPSA) is 459 Å². The Hall–Kier alpha value is -10.5. The maximum absolute atomic E-state index is 14.6. The first-order valence-corrected chi connectivity index (χ1v) is 31.8. The number of carboxylic acids is 3. The number of carboxylic acid groups (broad SMARTS) is 3. The Morgan fingerprint density at radius 1 is 0.567 bits per heavy atom. The van der Waals surface area contributed by atoms with E-state index in [0.717, 1.165) is 48.5 Å². The molecular weight excluding hydrogens is 1310 g/mol. The number of alkyl halides is 3. The number of nitrogens with two attached hydrogens (primary N) is 1. The number of hydrogen-bond donors (Lipinski definition) is 14. The number of nitrogens with one attached hydrogen (secondary N) is 10. The highest BCUT2D eigenvalue weighted by atomic mass is 32.2. The van der Waals surface area contributed by atoms with Crippen LogP contribution in [0, 0.1) is 5.82 Å². The molecule has 0 radical (unpaired) electrons. The van der Waals surface area contributed by atoms with E-state index < -0.39 is 185 Å². The third-order valence-corrected chi connectivity index (χ3v) is 16.3. The van der Waals surface area contributed by atoms with Crippen molar-refractivity contribution in [2.24, 2.45) is 5.73 Å². The predicted molar refractivity (Wildman–Crippen MR) is 336 cm³/mol. The number of hydrogen-bond acceptors (Lipinski definition) is 15. The highest BCUT2D eigenvalue weighted by molar-refractivity contribution is 7.89. The van der Waals surface area contributed by atoms with Gasteiger partial charge in [-0.2, -0.15) is 17.9 Å². The summed E-state index contributed by atoms with van der Waals surface area (Å²) < 4.78 is 86.7. The van der Waals surface area contributed by atoms with E-state index in [9.17, 15) is 98.8 Å². The third kappa shape index (κ3) is 26.3. The molecule has 0 saturated carbocycles. The van der Waals surface area contributed by atoms with Crippen LogP contribution in [0.25, 0.3) is 10.9 Å². The molecular formula is C63H75F4N11O18S. The highest BCUT2D eigenvalue weighted by Gasteiger charge is 2.35. The lowest BCUT2D eigenvalue weighted by Gasteiger charge is -2.26. The summed E-state index contributed by atoms with van der Waals surface area (Å²) in [6, 6.07) is 10.3. The van der Waals surface area contributed by atoms with Crippen LogP contribution in [-0.2, 0) is 81.8 Å². The number of aliphatic carboxylic acids is 3. The molecule has 9 amide bonds. The number of benzene rings is 4. The van der Waals surface area contributed by atoms with Crippen molar-refractivity contribution in [3.05, 3.63) is 131 Å². The van der Waals surface area contributed by atoms with E-state index in [1.54, 1.807) is 30.5 Å². The van der Waals surface area contributed by atoms with Gasteiger partial charge in [0, 0.05) is 67.9 Å². The lowest BCUT2D eigenvalue weighted by molar-refractivity contribution is -0.140. The van der Waals surface area contributed by atoms with Gasteiger partial charge in [0.25, 0.3) is 5.91 Å². The van der Waals surface area contributed by atoms with Crippen molar-refractivity contribution in [2.45, 2.75) is 137 Å². The Morgan fingerprint density at radius 3 is 1.74 bits per heavy atom.